The van der Waals surface area contributed by atoms with Crippen molar-refractivity contribution in [3.05, 3.63) is 23.8 Å². The maximum Gasteiger partial charge on any atom is 0.254 e. The molecule has 1 aromatic carbocycles. The Morgan fingerprint density at radius 2 is 2.21 bits per heavy atom. The number of hydrogen-bond acceptors (Lipinski definition) is 4. The van der Waals surface area contributed by atoms with E-state index >= 15 is 0 Å². The summed E-state index contributed by atoms with van der Waals surface area (Å²) in [5, 5.41) is 12.1. The maximum absolute atomic E-state index is 12.4. The topological polar surface area (TPSA) is 73.2 Å². The fourth-order valence-corrected chi connectivity index (χ4v) is 2.41. The first-order chi connectivity index (χ1) is 9.11. The molecule has 3 rings (SSSR count). The SMILES string of the molecule is CNc1ccc2c(c1)CC(=O)N2C(=O)C1(C#N)CC1. The van der Waals surface area contributed by atoms with Crippen LogP contribution in [-0.4, -0.2) is 18.9 Å². The van der Waals surface area contributed by atoms with Crippen LogP contribution in [0.25, 0.3) is 0 Å². The van der Waals surface area contributed by atoms with Gasteiger partial charge in [0.2, 0.25) is 5.91 Å². The van der Waals surface area contributed by atoms with Crippen LogP contribution in [0.2, 0.25) is 0 Å². The average molecular weight is 255 g/mol. The van der Waals surface area contributed by atoms with Crippen LogP contribution in [0.1, 0.15) is 18.4 Å². The van der Waals surface area contributed by atoms with Crippen LogP contribution in [0.5, 0.6) is 0 Å². The number of anilines is 2. The molecule has 0 aromatic heterocycles. The molecule has 1 heterocycles. The standard InChI is InChI=1S/C14H13N3O2/c1-16-10-2-3-11-9(6-10)7-12(18)17(11)13(19)14(8-15)4-5-14/h2-3,6,16H,4-5,7H2,1H3. The number of rotatable bonds is 2. The zero-order valence-electron chi connectivity index (χ0n) is 10.6. The normalized spacial score (nSPS) is 18.7. The minimum absolute atomic E-state index is 0.220. The molecule has 0 bridgehead atoms. The zero-order chi connectivity index (χ0) is 13.6. The Morgan fingerprint density at radius 3 is 2.79 bits per heavy atom. The van der Waals surface area contributed by atoms with Crippen molar-refractivity contribution in [1.29, 1.82) is 5.26 Å². The maximum atomic E-state index is 12.4. The van der Waals surface area contributed by atoms with Crippen LogP contribution in [-0.2, 0) is 16.0 Å². The summed E-state index contributed by atoms with van der Waals surface area (Å²) in [5.41, 5.74) is 1.40. The number of carbonyl (C=O) groups is 2. The van der Waals surface area contributed by atoms with Crippen molar-refractivity contribution in [1.82, 2.24) is 0 Å². The summed E-state index contributed by atoms with van der Waals surface area (Å²) in [6, 6.07) is 7.50. The van der Waals surface area contributed by atoms with Gasteiger partial charge < -0.3 is 5.32 Å². The van der Waals surface area contributed by atoms with Crippen LogP contribution >= 0.6 is 0 Å². The number of carbonyl (C=O) groups excluding carboxylic acids is 2. The zero-order valence-corrected chi connectivity index (χ0v) is 10.6. The number of nitriles is 1. The highest BCUT2D eigenvalue weighted by Crippen LogP contribution is 2.48. The van der Waals surface area contributed by atoms with Gasteiger partial charge in [0.15, 0.2) is 0 Å². The average Bonchev–Trinajstić information content (AvgIpc) is 3.15. The lowest BCUT2D eigenvalue weighted by molar-refractivity contribution is -0.127. The molecule has 2 aliphatic rings. The van der Waals surface area contributed by atoms with E-state index in [0.717, 1.165) is 11.3 Å². The first-order valence-corrected chi connectivity index (χ1v) is 6.20. The number of imide groups is 1. The highest BCUT2D eigenvalue weighted by atomic mass is 16.2. The number of fused-ring (bicyclic) bond motifs is 1. The molecule has 0 saturated heterocycles. The van der Waals surface area contributed by atoms with E-state index in [1.807, 2.05) is 18.2 Å². The summed E-state index contributed by atoms with van der Waals surface area (Å²) in [4.78, 5) is 25.6. The Kier molecular flexibility index (Phi) is 2.36. The lowest BCUT2D eigenvalue weighted by Gasteiger charge is -2.18. The van der Waals surface area contributed by atoms with Gasteiger partial charge in [0.1, 0.15) is 5.41 Å². The lowest BCUT2D eigenvalue weighted by Crippen LogP contribution is -2.39. The first kappa shape index (κ1) is 11.7. The summed E-state index contributed by atoms with van der Waals surface area (Å²) in [7, 11) is 1.80. The van der Waals surface area contributed by atoms with Crippen LogP contribution in [0.15, 0.2) is 18.2 Å². The molecule has 0 unspecified atom stereocenters. The molecular formula is C14H13N3O2. The van der Waals surface area contributed by atoms with E-state index in [9.17, 15) is 9.59 Å². The van der Waals surface area contributed by atoms with Gasteiger partial charge in [-0.25, -0.2) is 4.90 Å². The van der Waals surface area contributed by atoms with Crippen LogP contribution in [0, 0.1) is 16.7 Å². The van der Waals surface area contributed by atoms with Gasteiger partial charge >= 0.3 is 0 Å². The molecule has 1 fully saturated rings. The fourth-order valence-electron chi connectivity index (χ4n) is 2.41. The Bertz CT molecular complexity index is 626. The molecule has 19 heavy (non-hydrogen) atoms. The van der Waals surface area contributed by atoms with Gasteiger partial charge in [-0.15, -0.1) is 0 Å². The molecular weight excluding hydrogens is 242 g/mol. The molecule has 5 nitrogen and oxygen atoms in total. The van der Waals surface area contributed by atoms with Crippen LogP contribution < -0.4 is 10.2 Å². The predicted octanol–water partition coefficient (Wildman–Crippen LogP) is 1.45. The smallest absolute Gasteiger partial charge is 0.254 e. The number of hydrogen-bond donors (Lipinski definition) is 1. The van der Waals surface area contributed by atoms with Crippen LogP contribution in [0.3, 0.4) is 0 Å². The largest absolute Gasteiger partial charge is 0.388 e. The third-order valence-corrected chi connectivity index (χ3v) is 3.78. The second kappa shape index (κ2) is 3.82. The van der Waals surface area contributed by atoms with E-state index < -0.39 is 5.41 Å². The summed E-state index contributed by atoms with van der Waals surface area (Å²) < 4.78 is 0. The Balaban J connectivity index is 2.00. The summed E-state index contributed by atoms with van der Waals surface area (Å²) in [6.07, 6.45) is 1.32. The van der Waals surface area contributed by atoms with Crippen molar-refractivity contribution in [2.75, 3.05) is 17.3 Å². The number of nitrogens with one attached hydrogen (secondary N) is 1. The Morgan fingerprint density at radius 1 is 1.47 bits per heavy atom. The number of nitrogens with zero attached hydrogens (tertiary/aromatic N) is 2. The Labute approximate surface area is 110 Å². The van der Waals surface area contributed by atoms with Crippen molar-refractivity contribution >= 4 is 23.2 Å². The highest BCUT2D eigenvalue weighted by Gasteiger charge is 2.55. The van der Waals surface area contributed by atoms with E-state index in [0.29, 0.717) is 18.5 Å². The molecule has 96 valence electrons. The second-order valence-electron chi connectivity index (χ2n) is 5.00. The van der Waals surface area contributed by atoms with Crippen molar-refractivity contribution < 1.29 is 9.59 Å². The van der Waals surface area contributed by atoms with E-state index in [1.54, 1.807) is 13.1 Å². The molecule has 2 amide bonds. The van der Waals surface area contributed by atoms with Gasteiger partial charge in [-0.05, 0) is 36.6 Å². The van der Waals surface area contributed by atoms with Gasteiger partial charge in [-0.3, -0.25) is 9.59 Å². The molecule has 1 aliphatic carbocycles. The van der Waals surface area contributed by atoms with E-state index in [4.69, 9.17) is 5.26 Å². The van der Waals surface area contributed by atoms with Gasteiger partial charge in [0, 0.05) is 12.7 Å². The fraction of sp³-hybridized carbons (Fsp3) is 0.357. The summed E-state index contributed by atoms with van der Waals surface area (Å²) >= 11 is 0. The van der Waals surface area contributed by atoms with Crippen LogP contribution in [0.4, 0.5) is 11.4 Å². The molecule has 5 heteroatoms. The van der Waals surface area contributed by atoms with Crippen molar-refractivity contribution in [2.24, 2.45) is 5.41 Å². The summed E-state index contributed by atoms with van der Waals surface area (Å²) in [5.74, 6) is -0.606. The minimum atomic E-state index is -0.959. The quantitative estimate of drug-likeness (QED) is 0.812. The molecule has 1 aliphatic heterocycles. The number of benzene rings is 1. The second-order valence-corrected chi connectivity index (χ2v) is 5.00. The summed E-state index contributed by atoms with van der Waals surface area (Å²) in [6.45, 7) is 0. The molecule has 1 aromatic rings. The minimum Gasteiger partial charge on any atom is -0.388 e. The molecule has 1 saturated carbocycles. The van der Waals surface area contributed by atoms with Crippen molar-refractivity contribution in [3.8, 4) is 6.07 Å². The van der Waals surface area contributed by atoms with Gasteiger partial charge in [0.05, 0.1) is 18.2 Å². The molecule has 0 radical (unpaired) electrons. The molecule has 1 N–H and O–H groups in total. The van der Waals surface area contributed by atoms with E-state index in [2.05, 4.69) is 5.32 Å². The predicted molar refractivity (Wildman–Crippen MR) is 69.5 cm³/mol. The first-order valence-electron chi connectivity index (χ1n) is 6.20. The third kappa shape index (κ3) is 1.60. The van der Waals surface area contributed by atoms with E-state index in [-0.39, 0.29) is 18.2 Å². The third-order valence-electron chi connectivity index (χ3n) is 3.78. The number of amides is 2. The Hall–Kier alpha value is -2.35. The van der Waals surface area contributed by atoms with Gasteiger partial charge in [-0.2, -0.15) is 5.26 Å². The molecule has 0 spiro atoms. The van der Waals surface area contributed by atoms with Crippen molar-refractivity contribution in [2.45, 2.75) is 19.3 Å². The molecule has 0 atom stereocenters. The van der Waals surface area contributed by atoms with Gasteiger partial charge in [0.25, 0.3) is 5.91 Å². The highest BCUT2D eigenvalue weighted by molar-refractivity contribution is 6.22. The van der Waals surface area contributed by atoms with Gasteiger partial charge in [-0.1, -0.05) is 0 Å². The van der Waals surface area contributed by atoms with Crippen molar-refractivity contribution in [3.63, 3.8) is 0 Å². The van der Waals surface area contributed by atoms with E-state index in [1.165, 1.54) is 4.90 Å². The monoisotopic (exact) mass is 255 g/mol. The lowest BCUT2D eigenvalue weighted by atomic mass is 10.1.